The summed E-state index contributed by atoms with van der Waals surface area (Å²) in [6, 6.07) is 5.79. The summed E-state index contributed by atoms with van der Waals surface area (Å²) >= 11 is 0. The summed E-state index contributed by atoms with van der Waals surface area (Å²) < 4.78 is 16.0. The molecule has 2 aliphatic rings. The molecule has 106 valence electrons. The Morgan fingerprint density at radius 1 is 1.35 bits per heavy atom. The van der Waals surface area contributed by atoms with Crippen LogP contribution in [0.3, 0.4) is 0 Å². The predicted molar refractivity (Wildman–Crippen MR) is 70.6 cm³/mol. The van der Waals surface area contributed by atoms with Gasteiger partial charge in [-0.25, -0.2) is 0 Å². The molecule has 0 spiro atoms. The SMILES string of the molecule is COc1cc(C(O)C2(C#N)CCCC2)cc2c1OCO2. The maximum Gasteiger partial charge on any atom is 0.231 e. The third-order valence-corrected chi connectivity index (χ3v) is 4.24. The number of methoxy groups -OCH3 is 1. The molecule has 1 heterocycles. The van der Waals surface area contributed by atoms with Gasteiger partial charge in [0.25, 0.3) is 0 Å². The van der Waals surface area contributed by atoms with Gasteiger partial charge in [0, 0.05) is 0 Å². The number of aliphatic hydroxyl groups excluding tert-OH is 1. The number of fused-ring (bicyclic) bond motifs is 1. The lowest BCUT2D eigenvalue weighted by Crippen LogP contribution is -2.24. The second-order valence-corrected chi connectivity index (χ2v) is 5.33. The molecule has 1 aliphatic heterocycles. The molecule has 0 bridgehead atoms. The molecular weight excluding hydrogens is 258 g/mol. The summed E-state index contributed by atoms with van der Waals surface area (Å²) in [5.41, 5.74) is -0.0480. The zero-order valence-electron chi connectivity index (χ0n) is 11.4. The van der Waals surface area contributed by atoms with Crippen LogP contribution in [0.2, 0.25) is 0 Å². The number of ether oxygens (including phenoxy) is 3. The molecule has 1 aromatic rings. The van der Waals surface area contributed by atoms with E-state index in [1.807, 2.05) is 0 Å². The summed E-state index contributed by atoms with van der Waals surface area (Å²) in [6.45, 7) is 0.147. The Hall–Kier alpha value is -1.93. The largest absolute Gasteiger partial charge is 0.493 e. The number of nitriles is 1. The van der Waals surface area contributed by atoms with Gasteiger partial charge >= 0.3 is 0 Å². The first-order valence-corrected chi connectivity index (χ1v) is 6.77. The summed E-state index contributed by atoms with van der Waals surface area (Å²) in [4.78, 5) is 0. The van der Waals surface area contributed by atoms with Gasteiger partial charge in [0.05, 0.1) is 24.7 Å². The molecule has 5 heteroatoms. The Morgan fingerprint density at radius 2 is 2.10 bits per heavy atom. The van der Waals surface area contributed by atoms with Gasteiger partial charge in [0.1, 0.15) is 0 Å². The van der Waals surface area contributed by atoms with Crippen molar-refractivity contribution in [1.29, 1.82) is 5.26 Å². The minimum atomic E-state index is -0.835. The highest BCUT2D eigenvalue weighted by Gasteiger charge is 2.42. The fourth-order valence-corrected chi connectivity index (χ4v) is 3.08. The van der Waals surface area contributed by atoms with Crippen LogP contribution < -0.4 is 14.2 Å². The van der Waals surface area contributed by atoms with Crippen molar-refractivity contribution in [3.63, 3.8) is 0 Å². The van der Waals surface area contributed by atoms with Crippen molar-refractivity contribution in [3.8, 4) is 23.3 Å². The van der Waals surface area contributed by atoms with Gasteiger partial charge in [-0.2, -0.15) is 5.26 Å². The van der Waals surface area contributed by atoms with Gasteiger partial charge in [0.2, 0.25) is 12.5 Å². The molecule has 1 aromatic carbocycles. The third kappa shape index (κ3) is 1.88. The maximum absolute atomic E-state index is 10.6. The first-order chi connectivity index (χ1) is 9.70. The van der Waals surface area contributed by atoms with E-state index in [1.54, 1.807) is 19.2 Å². The molecule has 1 atom stereocenters. The molecule has 0 aromatic heterocycles. The highest BCUT2D eigenvalue weighted by atomic mass is 16.7. The molecule has 0 amide bonds. The molecule has 0 saturated heterocycles. The first kappa shape index (κ1) is 13.1. The van der Waals surface area contributed by atoms with Crippen LogP contribution in [0, 0.1) is 16.7 Å². The second kappa shape index (κ2) is 4.88. The van der Waals surface area contributed by atoms with Crippen molar-refractivity contribution in [2.24, 2.45) is 5.41 Å². The van der Waals surface area contributed by atoms with Gasteiger partial charge in [-0.3, -0.25) is 0 Å². The smallest absolute Gasteiger partial charge is 0.231 e. The van der Waals surface area contributed by atoms with Crippen LogP contribution in [-0.4, -0.2) is 19.0 Å². The Balaban J connectivity index is 2.00. The minimum Gasteiger partial charge on any atom is -0.493 e. The van der Waals surface area contributed by atoms with E-state index < -0.39 is 11.5 Å². The Morgan fingerprint density at radius 3 is 2.75 bits per heavy atom. The molecule has 1 aliphatic carbocycles. The number of nitrogens with zero attached hydrogens (tertiary/aromatic N) is 1. The van der Waals surface area contributed by atoms with E-state index in [4.69, 9.17) is 14.2 Å². The third-order valence-electron chi connectivity index (χ3n) is 4.24. The average molecular weight is 275 g/mol. The van der Waals surface area contributed by atoms with Crippen molar-refractivity contribution < 1.29 is 19.3 Å². The van der Waals surface area contributed by atoms with E-state index in [2.05, 4.69) is 6.07 Å². The Bertz CT molecular complexity index is 558. The van der Waals surface area contributed by atoms with Crippen LogP contribution in [0.4, 0.5) is 0 Å². The molecular formula is C15H17NO4. The molecule has 5 nitrogen and oxygen atoms in total. The summed E-state index contributed by atoms with van der Waals surface area (Å²) in [5, 5.41) is 20.1. The van der Waals surface area contributed by atoms with E-state index in [9.17, 15) is 10.4 Å². The number of hydrogen-bond donors (Lipinski definition) is 1. The van der Waals surface area contributed by atoms with Crippen molar-refractivity contribution in [2.45, 2.75) is 31.8 Å². The van der Waals surface area contributed by atoms with E-state index in [0.29, 0.717) is 22.8 Å². The number of aliphatic hydroxyl groups is 1. The van der Waals surface area contributed by atoms with E-state index in [1.165, 1.54) is 0 Å². The maximum atomic E-state index is 10.6. The van der Waals surface area contributed by atoms with Crippen molar-refractivity contribution in [3.05, 3.63) is 17.7 Å². The quantitative estimate of drug-likeness (QED) is 0.917. The lowest BCUT2D eigenvalue weighted by Gasteiger charge is -2.27. The summed E-state index contributed by atoms with van der Waals surface area (Å²) in [5.74, 6) is 1.64. The standard InChI is InChI=1S/C15H17NO4/c1-18-11-6-10(7-12-13(11)20-9-19-12)14(17)15(8-16)4-2-3-5-15/h6-7,14,17H,2-5,9H2,1H3. The molecule has 1 unspecified atom stereocenters. The molecule has 3 rings (SSSR count). The van der Waals surface area contributed by atoms with Crippen LogP contribution in [0.25, 0.3) is 0 Å². The molecule has 20 heavy (non-hydrogen) atoms. The normalized spacial score (nSPS) is 20.4. The van der Waals surface area contributed by atoms with Crippen molar-refractivity contribution in [2.75, 3.05) is 13.9 Å². The highest BCUT2D eigenvalue weighted by molar-refractivity contribution is 5.55. The topological polar surface area (TPSA) is 71.7 Å². The lowest BCUT2D eigenvalue weighted by molar-refractivity contribution is 0.0667. The molecule has 1 saturated carbocycles. The van der Waals surface area contributed by atoms with Crippen LogP contribution in [-0.2, 0) is 0 Å². The zero-order valence-corrected chi connectivity index (χ0v) is 11.4. The molecule has 1 fully saturated rings. The lowest BCUT2D eigenvalue weighted by atomic mass is 9.78. The first-order valence-electron chi connectivity index (χ1n) is 6.77. The fourth-order valence-electron chi connectivity index (χ4n) is 3.08. The van der Waals surface area contributed by atoms with Crippen LogP contribution in [0.1, 0.15) is 37.4 Å². The number of hydrogen-bond acceptors (Lipinski definition) is 5. The second-order valence-electron chi connectivity index (χ2n) is 5.33. The Labute approximate surface area is 117 Å². The van der Waals surface area contributed by atoms with Gasteiger partial charge in [-0.05, 0) is 30.5 Å². The van der Waals surface area contributed by atoms with Crippen LogP contribution in [0.15, 0.2) is 12.1 Å². The Kier molecular flexibility index (Phi) is 3.19. The van der Waals surface area contributed by atoms with E-state index in [-0.39, 0.29) is 6.79 Å². The minimum absolute atomic E-state index is 0.147. The van der Waals surface area contributed by atoms with Crippen LogP contribution >= 0.6 is 0 Å². The van der Waals surface area contributed by atoms with Gasteiger partial charge < -0.3 is 19.3 Å². The number of rotatable bonds is 3. The monoisotopic (exact) mass is 275 g/mol. The van der Waals surface area contributed by atoms with Gasteiger partial charge in [-0.1, -0.05) is 12.8 Å². The van der Waals surface area contributed by atoms with E-state index in [0.717, 1.165) is 25.7 Å². The van der Waals surface area contributed by atoms with Gasteiger partial charge in [0.15, 0.2) is 11.5 Å². The highest BCUT2D eigenvalue weighted by Crippen LogP contribution is 2.50. The van der Waals surface area contributed by atoms with E-state index >= 15 is 0 Å². The molecule has 0 radical (unpaired) electrons. The average Bonchev–Trinajstić information content (AvgIpc) is 3.14. The van der Waals surface area contributed by atoms with Crippen molar-refractivity contribution >= 4 is 0 Å². The molecule has 1 N–H and O–H groups in total. The summed E-state index contributed by atoms with van der Waals surface area (Å²) in [7, 11) is 1.54. The number of benzene rings is 1. The van der Waals surface area contributed by atoms with Gasteiger partial charge in [-0.15, -0.1) is 0 Å². The van der Waals surface area contributed by atoms with Crippen molar-refractivity contribution in [1.82, 2.24) is 0 Å². The predicted octanol–water partition coefficient (Wildman–Crippen LogP) is 2.54. The fraction of sp³-hybridized carbons (Fsp3) is 0.533. The zero-order chi connectivity index (χ0) is 14.2. The summed E-state index contributed by atoms with van der Waals surface area (Å²) in [6.07, 6.45) is 2.57. The van der Waals surface area contributed by atoms with Crippen LogP contribution in [0.5, 0.6) is 17.2 Å².